The second-order valence-electron chi connectivity index (χ2n) is 16.5. The molecule has 1 heterocycles. The third-order valence-electron chi connectivity index (χ3n) is 11.3. The molecule has 6 rings (SSSR count). The highest BCUT2D eigenvalue weighted by molar-refractivity contribution is 7.20. The van der Waals surface area contributed by atoms with E-state index in [0.717, 1.165) is 13.0 Å². The van der Waals surface area contributed by atoms with E-state index in [1.807, 2.05) is 12.4 Å². The molecule has 27 heteroatoms. The van der Waals surface area contributed by atoms with Crippen LogP contribution in [-0.4, -0.2) is 11.1 Å². The van der Waals surface area contributed by atoms with E-state index in [4.69, 9.17) is 0 Å². The van der Waals surface area contributed by atoms with Gasteiger partial charge in [-0.1, -0.05) is 92.2 Å². The number of rotatable bonds is 9. The van der Waals surface area contributed by atoms with Crippen molar-refractivity contribution >= 4 is 28.0 Å². The quantitative estimate of drug-likeness (QED) is 0.0801. The molecule has 74 heavy (non-hydrogen) atoms. The lowest BCUT2D eigenvalue weighted by atomic mass is 9.12. The van der Waals surface area contributed by atoms with Gasteiger partial charge in [0.2, 0.25) is 0 Å². The molecule has 0 radical (unpaired) electrons. The van der Waals surface area contributed by atoms with Gasteiger partial charge in [-0.2, -0.15) is 132 Å². The molecule has 0 amide bonds. The maximum atomic E-state index is 14.2. The van der Waals surface area contributed by atoms with Crippen molar-refractivity contribution in [3.05, 3.63) is 177 Å². The van der Waals surface area contributed by atoms with Crippen molar-refractivity contribution in [2.75, 3.05) is 0 Å². The van der Waals surface area contributed by atoms with Crippen molar-refractivity contribution in [2.45, 2.75) is 82.1 Å². The topological polar surface area (TPSA) is 16.8 Å². The van der Waals surface area contributed by atoms with Gasteiger partial charge in [0, 0.05) is 12.0 Å². The lowest BCUT2D eigenvalue weighted by Gasteiger charge is -2.46. The Hall–Kier alpha value is -6.44. The zero-order valence-electron chi connectivity index (χ0n) is 36.9. The fourth-order valence-corrected chi connectivity index (χ4v) is 7.99. The van der Waals surface area contributed by atoms with Crippen LogP contribution in [0.4, 0.5) is 105 Å². The number of halogens is 24. The van der Waals surface area contributed by atoms with Gasteiger partial charge in [0.05, 0.1) is 56.9 Å². The van der Waals surface area contributed by atoms with Crippen molar-refractivity contribution in [2.24, 2.45) is 0 Å². The van der Waals surface area contributed by atoms with Crippen LogP contribution in [0.2, 0.25) is 0 Å². The molecule has 0 bridgehead atoms. The van der Waals surface area contributed by atoms with Crippen LogP contribution in [0.15, 0.2) is 122 Å². The monoisotopic (exact) mass is 1090 g/mol. The van der Waals surface area contributed by atoms with Gasteiger partial charge < -0.3 is 0 Å². The number of benzene rings is 5. The normalized spacial score (nSPS) is 13.4. The predicted molar refractivity (Wildman–Crippen MR) is 219 cm³/mol. The molecule has 1 aromatic heterocycles. The summed E-state index contributed by atoms with van der Waals surface area (Å²) in [4.78, 5) is 4.22. The first-order valence-corrected chi connectivity index (χ1v) is 20.9. The summed E-state index contributed by atoms with van der Waals surface area (Å²) in [6.07, 6.45) is -45.3. The Bertz CT molecular complexity index is 2470. The molecule has 0 aliphatic rings. The average molecular weight is 1090 g/mol. The second-order valence-corrected chi connectivity index (χ2v) is 16.5. The molecule has 0 spiro atoms. The number of unbranched alkanes of at least 4 members (excludes halogenated alkanes) is 1. The van der Waals surface area contributed by atoms with Gasteiger partial charge in [-0.3, -0.25) is 4.98 Å². The minimum Gasteiger partial charge on any atom is -0.252 e. The van der Waals surface area contributed by atoms with Gasteiger partial charge in [-0.25, -0.2) is 0 Å². The highest BCUT2D eigenvalue weighted by atomic mass is 19.4. The SMILES string of the molecule is CCCCc1cncc[n+]1Cc1ccccc1.FC(F)(F)c1cc([B-](c2cc(C(F)(F)F)cc(C(F)(F)F)c2)(c2cc(C(F)(F)F)cc(C(F)(F)F)c2)c2cc(C(F)(F)F)cc(C(F)(F)F)c2)cc(C(F)(F)F)c1. The number of hydrogen-bond donors (Lipinski definition) is 0. The Morgan fingerprint density at radius 2 is 0.662 bits per heavy atom. The van der Waals surface area contributed by atoms with E-state index in [9.17, 15) is 105 Å². The van der Waals surface area contributed by atoms with Crippen LogP contribution >= 0.6 is 0 Å². The van der Waals surface area contributed by atoms with Gasteiger partial charge in [0.1, 0.15) is 6.15 Å². The minimum absolute atomic E-state index is 0.691. The Morgan fingerprint density at radius 1 is 0.392 bits per heavy atom. The van der Waals surface area contributed by atoms with E-state index in [1.165, 1.54) is 24.1 Å². The molecule has 0 aliphatic heterocycles. The van der Waals surface area contributed by atoms with Crippen LogP contribution in [0.25, 0.3) is 0 Å². The van der Waals surface area contributed by atoms with Crippen molar-refractivity contribution in [3.63, 3.8) is 0 Å². The van der Waals surface area contributed by atoms with Gasteiger partial charge >= 0.3 is 49.4 Å². The Labute approximate surface area is 402 Å². The predicted octanol–water partition coefficient (Wildman–Crippen LogP) is 14.0. The summed E-state index contributed by atoms with van der Waals surface area (Å²) < 4.78 is 343. The summed E-state index contributed by atoms with van der Waals surface area (Å²) in [7, 11) is 0. The molecule has 0 aliphatic carbocycles. The van der Waals surface area contributed by atoms with E-state index in [2.05, 4.69) is 53.0 Å². The van der Waals surface area contributed by atoms with Crippen LogP contribution in [0, 0.1) is 0 Å². The molecule has 0 saturated heterocycles. The van der Waals surface area contributed by atoms with E-state index in [0.29, 0.717) is 0 Å². The van der Waals surface area contributed by atoms with Gasteiger partial charge in [0.15, 0.2) is 18.4 Å². The van der Waals surface area contributed by atoms with Gasteiger partial charge in [0.25, 0.3) is 0 Å². The van der Waals surface area contributed by atoms with Crippen LogP contribution in [0.3, 0.4) is 0 Å². The molecule has 2 nitrogen and oxygen atoms in total. The Morgan fingerprint density at radius 3 is 0.905 bits per heavy atom. The number of hydrogen-bond acceptors (Lipinski definition) is 1. The van der Waals surface area contributed by atoms with Gasteiger partial charge in [-0.15, -0.1) is 0 Å². The van der Waals surface area contributed by atoms with E-state index in [1.54, 1.807) is 0 Å². The fourth-order valence-electron chi connectivity index (χ4n) is 7.99. The van der Waals surface area contributed by atoms with Crippen LogP contribution in [-0.2, 0) is 62.4 Å². The van der Waals surface area contributed by atoms with E-state index in [-0.39, 0.29) is 0 Å². The maximum absolute atomic E-state index is 14.2. The average Bonchev–Trinajstić information content (AvgIpc) is 3.27. The molecule has 0 unspecified atom stereocenters. The van der Waals surface area contributed by atoms with E-state index >= 15 is 0 Å². The molecule has 0 fully saturated rings. The lowest BCUT2D eigenvalue weighted by molar-refractivity contribution is -0.696. The van der Waals surface area contributed by atoms with Crippen molar-refractivity contribution in [1.29, 1.82) is 0 Å². The second kappa shape index (κ2) is 20.7. The fraction of sp³-hybridized carbons (Fsp3) is 0.277. The van der Waals surface area contributed by atoms with Crippen molar-refractivity contribution < 1.29 is 110 Å². The van der Waals surface area contributed by atoms with Crippen LogP contribution in [0.1, 0.15) is 75.5 Å². The first-order valence-electron chi connectivity index (χ1n) is 20.9. The Kier molecular flexibility index (Phi) is 16.4. The van der Waals surface area contributed by atoms with Crippen molar-refractivity contribution in [1.82, 2.24) is 4.98 Å². The van der Waals surface area contributed by atoms with Crippen LogP contribution in [0.5, 0.6) is 0 Å². The zero-order chi connectivity index (χ0) is 55.8. The highest BCUT2D eigenvalue weighted by Crippen LogP contribution is 2.41. The van der Waals surface area contributed by atoms with Gasteiger partial charge in [-0.05, 0) is 30.7 Å². The first kappa shape index (κ1) is 58.5. The molecule has 400 valence electrons. The number of nitrogens with zero attached hydrogens (tertiary/aromatic N) is 2. The molecule has 0 saturated carbocycles. The number of aryl methyl sites for hydroxylation is 1. The largest absolute Gasteiger partial charge is 0.416 e. The summed E-state index contributed by atoms with van der Waals surface area (Å²) in [6, 6.07) is 1.74. The molecule has 0 atom stereocenters. The summed E-state index contributed by atoms with van der Waals surface area (Å²) in [5.74, 6) is 0. The molecular weight excluding hydrogens is 1060 g/mol. The number of aromatic nitrogens is 2. The third kappa shape index (κ3) is 13.8. The molecular formula is C47H31BF24N2. The summed E-state index contributed by atoms with van der Waals surface area (Å²) >= 11 is 0. The number of alkyl halides is 24. The summed E-state index contributed by atoms with van der Waals surface area (Å²) in [5, 5.41) is 0. The summed E-state index contributed by atoms with van der Waals surface area (Å²) in [5.41, 5.74) is -27.6. The molecule has 0 N–H and O–H groups in total. The third-order valence-corrected chi connectivity index (χ3v) is 11.3. The smallest absolute Gasteiger partial charge is 0.252 e. The summed E-state index contributed by atoms with van der Waals surface area (Å²) in [6.45, 7) is 3.15. The lowest BCUT2D eigenvalue weighted by Crippen LogP contribution is -2.75. The zero-order valence-corrected chi connectivity index (χ0v) is 36.9. The van der Waals surface area contributed by atoms with Crippen LogP contribution < -0.4 is 26.4 Å². The molecule has 6 aromatic rings. The first-order chi connectivity index (χ1) is 33.7. The minimum atomic E-state index is -6.13. The molecule has 5 aromatic carbocycles. The van der Waals surface area contributed by atoms with E-state index < -0.39 is 195 Å². The van der Waals surface area contributed by atoms with Crippen molar-refractivity contribution in [3.8, 4) is 0 Å². The maximum Gasteiger partial charge on any atom is 0.416 e. The highest BCUT2D eigenvalue weighted by Gasteiger charge is 2.47. The standard InChI is InChI=1S/C32H12BF24.C15H19N2/c34-25(35,36)13-1-14(26(37,38)39)6-21(5-13)33(22-7-15(27(40,41)42)2-16(8-22)28(43,44)45,23-9-17(29(46,47)48)3-18(10-23)30(49,50)51)24-11-19(31(52,53)54)4-20(12-24)32(55,56)57;1-2-3-9-15-12-16-10-11-17(15)13-14-7-5-4-6-8-14/h1-12H;4-8,10-12H,2-3,9,13H2,1H3/q-1;+1. The Balaban J connectivity index is 0.000000500.